The van der Waals surface area contributed by atoms with Crippen molar-refractivity contribution >= 4 is 49.1 Å². The van der Waals surface area contributed by atoms with Crippen LogP contribution in [0.3, 0.4) is 0 Å². The number of carbonyl (C=O) groups excluding carboxylic acids is 1. The van der Waals surface area contributed by atoms with Crippen LogP contribution in [0, 0.1) is 12.7 Å². The summed E-state index contributed by atoms with van der Waals surface area (Å²) in [6.07, 6.45) is 2.20. The predicted octanol–water partition coefficient (Wildman–Crippen LogP) is 6.82. The van der Waals surface area contributed by atoms with E-state index in [9.17, 15) is 9.18 Å². The molecule has 0 saturated heterocycles. The second-order valence-electron chi connectivity index (χ2n) is 7.44. The number of anilines is 1. The molecule has 1 aliphatic carbocycles. The van der Waals surface area contributed by atoms with E-state index < -0.39 is 0 Å². The highest BCUT2D eigenvalue weighted by molar-refractivity contribution is 9.10. The van der Waals surface area contributed by atoms with Gasteiger partial charge in [0.1, 0.15) is 16.6 Å². The van der Waals surface area contributed by atoms with Gasteiger partial charge in [-0.05, 0) is 56.2 Å². The lowest BCUT2D eigenvalue weighted by Crippen LogP contribution is -2.13. The molecule has 0 atom stereocenters. The monoisotopic (exact) mass is 497 g/mol. The second kappa shape index (κ2) is 8.01. The zero-order valence-electron chi connectivity index (χ0n) is 16.5. The maximum atomic E-state index is 13.4. The molecule has 1 saturated carbocycles. The van der Waals surface area contributed by atoms with E-state index in [0.717, 1.165) is 33.9 Å². The number of nitrogens with one attached hydrogen (secondary N) is 1. The van der Waals surface area contributed by atoms with Crippen LogP contribution in [0.2, 0.25) is 0 Å². The summed E-state index contributed by atoms with van der Waals surface area (Å²) < 4.78 is 19.9. The first-order chi connectivity index (χ1) is 15.0. The van der Waals surface area contributed by atoms with Crippen molar-refractivity contribution in [2.24, 2.45) is 0 Å². The number of thiazole rings is 1. The van der Waals surface area contributed by atoms with Gasteiger partial charge in [-0.1, -0.05) is 33.3 Å². The molecule has 2 aromatic carbocycles. The van der Waals surface area contributed by atoms with Crippen LogP contribution in [0.15, 0.2) is 53.0 Å². The Bertz CT molecular complexity index is 1320. The number of halogens is 2. The van der Waals surface area contributed by atoms with Gasteiger partial charge in [-0.15, -0.1) is 0 Å². The fraction of sp³-hybridized carbons (Fsp3) is 0.174. The highest BCUT2D eigenvalue weighted by atomic mass is 79.9. The molecule has 1 N–H and O–H groups in total. The molecule has 0 aliphatic heterocycles. The van der Waals surface area contributed by atoms with Gasteiger partial charge in [0.2, 0.25) is 0 Å². The minimum Gasteiger partial charge on any atom is -0.431 e. The number of hydrogen-bond acceptors (Lipinski definition) is 5. The van der Waals surface area contributed by atoms with Crippen molar-refractivity contribution in [1.29, 1.82) is 0 Å². The largest absolute Gasteiger partial charge is 0.431 e. The minimum atomic E-state index is -0.388. The van der Waals surface area contributed by atoms with Crippen molar-refractivity contribution in [3.63, 3.8) is 0 Å². The van der Waals surface area contributed by atoms with E-state index in [4.69, 9.17) is 9.72 Å². The van der Waals surface area contributed by atoms with Crippen molar-refractivity contribution in [2.75, 3.05) is 5.32 Å². The van der Waals surface area contributed by atoms with Gasteiger partial charge < -0.3 is 10.1 Å². The quantitative estimate of drug-likeness (QED) is 0.328. The van der Waals surface area contributed by atoms with E-state index in [1.165, 1.54) is 23.5 Å². The predicted molar refractivity (Wildman–Crippen MR) is 123 cm³/mol. The summed E-state index contributed by atoms with van der Waals surface area (Å²) in [6.45, 7) is 1.79. The molecule has 8 heteroatoms. The molecule has 5 rings (SSSR count). The van der Waals surface area contributed by atoms with Crippen molar-refractivity contribution in [3.8, 4) is 10.9 Å². The average Bonchev–Trinajstić information content (AvgIpc) is 3.52. The van der Waals surface area contributed by atoms with Gasteiger partial charge >= 0.3 is 0 Å². The summed E-state index contributed by atoms with van der Waals surface area (Å²) >= 11 is 4.69. The van der Waals surface area contributed by atoms with Gasteiger partial charge in [0.15, 0.2) is 0 Å². The van der Waals surface area contributed by atoms with Crippen LogP contribution in [0.1, 0.15) is 40.5 Å². The van der Waals surface area contributed by atoms with Gasteiger partial charge in [-0.3, -0.25) is 9.78 Å². The summed E-state index contributed by atoms with van der Waals surface area (Å²) in [5.74, 6) is 0.166. The Balaban J connectivity index is 1.44. The molecular weight excluding hydrogens is 481 g/mol. The standard InChI is InChI=1S/C23H17BrFN3O2S/c1-12-22(31-23(26-12)30-16-4-2-3-15(25)10-16)28-21(29)18-11-20(13-5-6-13)27-19-8-7-14(24)9-17(18)19/h2-4,7-11,13H,5-6H2,1H3,(H,28,29). The summed E-state index contributed by atoms with van der Waals surface area (Å²) in [5, 5.41) is 4.67. The number of rotatable bonds is 5. The Kier molecular flexibility index (Phi) is 5.19. The van der Waals surface area contributed by atoms with Crippen molar-refractivity contribution in [1.82, 2.24) is 9.97 Å². The lowest BCUT2D eigenvalue weighted by atomic mass is 10.1. The molecule has 31 heavy (non-hydrogen) atoms. The summed E-state index contributed by atoms with van der Waals surface area (Å²) in [6, 6.07) is 13.5. The van der Waals surface area contributed by atoms with Crippen LogP contribution in [-0.2, 0) is 0 Å². The Morgan fingerprint density at radius 1 is 1.19 bits per heavy atom. The number of aryl methyl sites for hydroxylation is 1. The first kappa shape index (κ1) is 20.1. The fourth-order valence-corrected chi connectivity index (χ4v) is 4.52. The van der Waals surface area contributed by atoms with Gasteiger partial charge in [0.05, 0.1) is 16.8 Å². The first-order valence-corrected chi connectivity index (χ1v) is 11.4. The van der Waals surface area contributed by atoms with E-state index in [-0.39, 0.29) is 11.7 Å². The molecule has 0 unspecified atom stereocenters. The molecule has 0 bridgehead atoms. The molecule has 0 spiro atoms. The molecule has 5 nitrogen and oxygen atoms in total. The number of carbonyl (C=O) groups is 1. The van der Waals surface area contributed by atoms with Gasteiger partial charge in [0.25, 0.3) is 11.1 Å². The highest BCUT2D eigenvalue weighted by Crippen LogP contribution is 2.41. The normalized spacial score (nSPS) is 13.4. The van der Waals surface area contributed by atoms with Crippen molar-refractivity contribution in [2.45, 2.75) is 25.7 Å². The van der Waals surface area contributed by atoms with Crippen LogP contribution >= 0.6 is 27.3 Å². The molecule has 1 fully saturated rings. The van der Waals surface area contributed by atoms with Crippen molar-refractivity contribution < 1.29 is 13.9 Å². The van der Waals surface area contributed by atoms with Gasteiger partial charge in [0, 0.05) is 27.5 Å². The number of hydrogen-bond donors (Lipinski definition) is 1. The van der Waals surface area contributed by atoms with Gasteiger partial charge in [-0.2, -0.15) is 0 Å². The molecule has 4 aromatic rings. The lowest BCUT2D eigenvalue weighted by Gasteiger charge is -2.10. The van der Waals surface area contributed by atoms with E-state index in [1.807, 2.05) is 24.3 Å². The van der Waals surface area contributed by atoms with Crippen molar-refractivity contribution in [3.05, 3.63) is 75.8 Å². The summed E-state index contributed by atoms with van der Waals surface area (Å²) in [7, 11) is 0. The number of pyridine rings is 1. The number of aromatic nitrogens is 2. The molecule has 1 aliphatic rings. The Labute approximate surface area is 190 Å². The van der Waals surface area contributed by atoms with E-state index >= 15 is 0 Å². The smallest absolute Gasteiger partial charge is 0.280 e. The number of nitrogens with zero attached hydrogens (tertiary/aromatic N) is 2. The number of amides is 1. The lowest BCUT2D eigenvalue weighted by molar-refractivity contribution is 0.102. The Morgan fingerprint density at radius 2 is 2.03 bits per heavy atom. The fourth-order valence-electron chi connectivity index (χ4n) is 3.33. The third-order valence-corrected chi connectivity index (χ3v) is 6.48. The summed E-state index contributed by atoms with van der Waals surface area (Å²) in [5.41, 5.74) is 2.96. The van der Waals surface area contributed by atoms with Gasteiger partial charge in [-0.25, -0.2) is 9.37 Å². The molecule has 0 radical (unpaired) electrons. The number of fused-ring (bicyclic) bond motifs is 1. The molecular formula is C23H17BrFN3O2S. The van der Waals surface area contributed by atoms with E-state index in [1.54, 1.807) is 19.1 Å². The maximum Gasteiger partial charge on any atom is 0.280 e. The minimum absolute atomic E-state index is 0.226. The third kappa shape index (κ3) is 4.31. The molecule has 2 aromatic heterocycles. The Morgan fingerprint density at radius 3 is 2.81 bits per heavy atom. The topological polar surface area (TPSA) is 64.1 Å². The second-order valence-corrected chi connectivity index (χ2v) is 9.32. The van der Waals surface area contributed by atoms with Crippen LogP contribution in [0.5, 0.6) is 10.9 Å². The molecule has 1 amide bonds. The highest BCUT2D eigenvalue weighted by Gasteiger charge is 2.27. The third-order valence-electron chi connectivity index (χ3n) is 5.04. The maximum absolute atomic E-state index is 13.4. The zero-order chi connectivity index (χ0) is 21.5. The zero-order valence-corrected chi connectivity index (χ0v) is 18.9. The average molecular weight is 498 g/mol. The van der Waals surface area contributed by atoms with E-state index in [2.05, 4.69) is 26.2 Å². The SMILES string of the molecule is Cc1nc(Oc2cccc(F)c2)sc1NC(=O)c1cc(C2CC2)nc2ccc(Br)cc12. The Hall–Kier alpha value is -2.84. The van der Waals surface area contributed by atoms with Crippen LogP contribution in [-0.4, -0.2) is 15.9 Å². The summed E-state index contributed by atoms with van der Waals surface area (Å²) in [4.78, 5) is 22.3. The first-order valence-electron chi connectivity index (χ1n) is 9.78. The number of ether oxygens (including phenoxy) is 1. The van der Waals surface area contributed by atoms with E-state index in [0.29, 0.717) is 33.1 Å². The van der Waals surface area contributed by atoms with Crippen LogP contribution in [0.25, 0.3) is 10.9 Å². The van der Waals surface area contributed by atoms with Crippen LogP contribution < -0.4 is 10.1 Å². The molecule has 156 valence electrons. The number of benzene rings is 2. The molecule has 2 heterocycles. The van der Waals surface area contributed by atoms with Crippen LogP contribution in [0.4, 0.5) is 9.39 Å².